The van der Waals surface area contributed by atoms with Gasteiger partial charge in [-0.15, -0.1) is 5.10 Å². The summed E-state index contributed by atoms with van der Waals surface area (Å²) in [7, 11) is 0. The van der Waals surface area contributed by atoms with E-state index in [1.165, 1.54) is 17.8 Å². The normalized spacial score (nSPS) is 14.4. The van der Waals surface area contributed by atoms with Crippen LogP contribution < -0.4 is 11.4 Å². The van der Waals surface area contributed by atoms with Crippen LogP contribution in [0, 0.1) is 0 Å². The minimum Gasteiger partial charge on any atom is -0.478 e. The Morgan fingerprint density at radius 2 is 2.25 bits per heavy atom. The summed E-state index contributed by atoms with van der Waals surface area (Å²) >= 11 is 1.29. The third-order valence-electron chi connectivity index (χ3n) is 3.05. The molecule has 0 radical (unpaired) electrons. The van der Waals surface area contributed by atoms with E-state index in [4.69, 9.17) is 10.8 Å². The van der Waals surface area contributed by atoms with Crippen LogP contribution in [-0.4, -0.2) is 25.8 Å². The highest BCUT2D eigenvalue weighted by Crippen LogP contribution is 2.38. The largest absolute Gasteiger partial charge is 0.478 e. The van der Waals surface area contributed by atoms with E-state index in [9.17, 15) is 9.59 Å². The van der Waals surface area contributed by atoms with Crippen molar-refractivity contribution in [3.05, 3.63) is 34.2 Å². The van der Waals surface area contributed by atoms with Crippen LogP contribution >= 0.6 is 11.8 Å². The van der Waals surface area contributed by atoms with Crippen molar-refractivity contribution in [1.29, 1.82) is 0 Å². The molecular weight excluding hydrogens is 280 g/mol. The zero-order valence-electron chi connectivity index (χ0n) is 10.4. The second kappa shape index (κ2) is 4.71. The van der Waals surface area contributed by atoms with Gasteiger partial charge in [-0.2, -0.15) is 0 Å². The van der Waals surface area contributed by atoms with E-state index in [0.717, 1.165) is 17.7 Å². The Kier molecular flexibility index (Phi) is 3.01. The number of nitrogens with one attached hydrogen (secondary N) is 1. The lowest BCUT2D eigenvalue weighted by atomic mass is 10.2. The summed E-state index contributed by atoms with van der Waals surface area (Å²) in [5.41, 5.74) is 5.74. The average molecular weight is 292 g/mol. The summed E-state index contributed by atoms with van der Waals surface area (Å²) in [6.07, 6.45) is 1.96. The number of carbonyl (C=O) groups is 1. The number of aromatic amines is 1. The molecule has 0 amide bonds. The van der Waals surface area contributed by atoms with Gasteiger partial charge in [0.25, 0.3) is 0 Å². The third-order valence-corrected chi connectivity index (χ3v) is 4.01. The maximum atomic E-state index is 11.7. The smallest absolute Gasteiger partial charge is 0.344 e. The molecule has 1 aromatic heterocycles. The number of anilines is 1. The predicted molar refractivity (Wildman–Crippen MR) is 73.1 cm³/mol. The van der Waals surface area contributed by atoms with Gasteiger partial charge in [0.1, 0.15) is 0 Å². The maximum Gasteiger partial charge on any atom is 0.344 e. The highest BCUT2D eigenvalue weighted by atomic mass is 32.2. The summed E-state index contributed by atoms with van der Waals surface area (Å²) in [6, 6.07) is 4.90. The monoisotopic (exact) mass is 292 g/mol. The zero-order valence-corrected chi connectivity index (χ0v) is 11.2. The first-order valence-electron chi connectivity index (χ1n) is 6.04. The van der Waals surface area contributed by atoms with Crippen molar-refractivity contribution in [2.24, 2.45) is 0 Å². The topological polar surface area (TPSA) is 114 Å². The van der Waals surface area contributed by atoms with Crippen LogP contribution in [0.25, 0.3) is 0 Å². The Hall–Kier alpha value is -2.22. The predicted octanol–water partition coefficient (Wildman–Crippen LogP) is 1.34. The van der Waals surface area contributed by atoms with Gasteiger partial charge in [-0.3, -0.25) is 4.57 Å². The van der Waals surface area contributed by atoms with Gasteiger partial charge in [0.2, 0.25) is 0 Å². The number of benzene rings is 1. The average Bonchev–Trinajstić information content (AvgIpc) is 3.15. The number of rotatable bonds is 4. The first kappa shape index (κ1) is 12.8. The van der Waals surface area contributed by atoms with Crippen molar-refractivity contribution in [3.8, 4) is 0 Å². The Balaban J connectivity index is 1.90. The number of aromatic nitrogens is 3. The Bertz CT molecular complexity index is 733. The molecule has 0 bridgehead atoms. The minimum atomic E-state index is -1.06. The number of nitrogens with two attached hydrogens (primary N) is 1. The maximum absolute atomic E-state index is 11.7. The molecule has 1 fully saturated rings. The number of H-pyrrole nitrogens is 1. The molecule has 0 aliphatic heterocycles. The van der Waals surface area contributed by atoms with Gasteiger partial charge >= 0.3 is 11.7 Å². The lowest BCUT2D eigenvalue weighted by Gasteiger charge is -2.05. The molecule has 1 aliphatic rings. The zero-order chi connectivity index (χ0) is 14.3. The Morgan fingerprint density at radius 1 is 1.50 bits per heavy atom. The van der Waals surface area contributed by atoms with Crippen LogP contribution in [0.1, 0.15) is 29.2 Å². The van der Waals surface area contributed by atoms with Crippen LogP contribution in [0.5, 0.6) is 0 Å². The van der Waals surface area contributed by atoms with Gasteiger partial charge in [0.05, 0.1) is 5.56 Å². The van der Waals surface area contributed by atoms with Gasteiger partial charge in [0.15, 0.2) is 5.16 Å². The van der Waals surface area contributed by atoms with E-state index in [-0.39, 0.29) is 23.0 Å². The molecule has 1 saturated carbocycles. The summed E-state index contributed by atoms with van der Waals surface area (Å²) in [4.78, 5) is 23.3. The van der Waals surface area contributed by atoms with Crippen LogP contribution in [0.3, 0.4) is 0 Å². The summed E-state index contributed by atoms with van der Waals surface area (Å²) in [6.45, 7) is 0. The van der Waals surface area contributed by atoms with Crippen LogP contribution in [0.2, 0.25) is 0 Å². The fourth-order valence-electron chi connectivity index (χ4n) is 1.92. The van der Waals surface area contributed by atoms with Gasteiger partial charge < -0.3 is 10.8 Å². The quantitative estimate of drug-likeness (QED) is 0.733. The van der Waals surface area contributed by atoms with Gasteiger partial charge in [-0.1, -0.05) is 0 Å². The first-order chi connectivity index (χ1) is 9.56. The van der Waals surface area contributed by atoms with Gasteiger partial charge in [-0.25, -0.2) is 14.7 Å². The summed E-state index contributed by atoms with van der Waals surface area (Å²) in [5.74, 6) is -1.06. The van der Waals surface area contributed by atoms with E-state index < -0.39 is 5.97 Å². The molecule has 0 atom stereocenters. The molecule has 7 nitrogen and oxygen atoms in total. The molecule has 3 rings (SSSR count). The van der Waals surface area contributed by atoms with Gasteiger partial charge in [0, 0.05) is 16.6 Å². The van der Waals surface area contributed by atoms with Crippen molar-refractivity contribution in [2.45, 2.75) is 28.9 Å². The number of hydrogen-bond donors (Lipinski definition) is 3. The molecule has 2 aromatic rings. The second-order valence-corrected chi connectivity index (χ2v) is 5.61. The van der Waals surface area contributed by atoms with E-state index in [0.29, 0.717) is 5.16 Å². The van der Waals surface area contributed by atoms with Crippen LogP contribution in [0.4, 0.5) is 5.69 Å². The lowest BCUT2D eigenvalue weighted by Crippen LogP contribution is -2.16. The van der Waals surface area contributed by atoms with Crippen molar-refractivity contribution < 1.29 is 9.90 Å². The molecule has 1 heterocycles. The molecule has 4 N–H and O–H groups in total. The summed E-state index contributed by atoms with van der Waals surface area (Å²) < 4.78 is 1.63. The van der Waals surface area contributed by atoms with E-state index in [1.807, 2.05) is 0 Å². The van der Waals surface area contributed by atoms with E-state index in [1.54, 1.807) is 16.7 Å². The van der Waals surface area contributed by atoms with E-state index in [2.05, 4.69) is 10.2 Å². The highest BCUT2D eigenvalue weighted by molar-refractivity contribution is 7.99. The standard InChI is InChI=1S/C12H12N4O3S/c13-9-5-7(3-4-8(9)10(17)18)20-12-15-14-11(19)16(12)6-1-2-6/h3-6H,1-2,13H2,(H,14,19)(H,17,18). The molecule has 0 unspecified atom stereocenters. The number of nitrogens with zero attached hydrogens (tertiary/aromatic N) is 2. The van der Waals surface area contributed by atoms with E-state index >= 15 is 0 Å². The lowest BCUT2D eigenvalue weighted by molar-refractivity contribution is 0.0698. The number of hydrogen-bond acceptors (Lipinski definition) is 5. The summed E-state index contributed by atoms with van der Waals surface area (Å²) in [5, 5.41) is 15.9. The molecule has 0 spiro atoms. The highest BCUT2D eigenvalue weighted by Gasteiger charge is 2.28. The number of nitrogen functional groups attached to an aromatic ring is 1. The van der Waals surface area contributed by atoms with Crippen molar-refractivity contribution in [2.75, 3.05) is 5.73 Å². The molecule has 20 heavy (non-hydrogen) atoms. The van der Waals surface area contributed by atoms with Crippen molar-refractivity contribution in [3.63, 3.8) is 0 Å². The fraction of sp³-hybridized carbons (Fsp3) is 0.250. The molecule has 1 aliphatic carbocycles. The van der Waals surface area contributed by atoms with Crippen LogP contribution in [0.15, 0.2) is 33.0 Å². The second-order valence-electron chi connectivity index (χ2n) is 4.57. The number of carboxylic acid groups (broad SMARTS) is 1. The number of carboxylic acids is 1. The molecule has 8 heteroatoms. The van der Waals surface area contributed by atoms with Crippen molar-refractivity contribution in [1.82, 2.24) is 14.8 Å². The molecule has 104 valence electrons. The SMILES string of the molecule is Nc1cc(Sc2n[nH]c(=O)n2C2CC2)ccc1C(=O)O. The molecule has 1 aromatic carbocycles. The number of aromatic carboxylic acids is 1. The Morgan fingerprint density at radius 3 is 2.85 bits per heavy atom. The minimum absolute atomic E-state index is 0.0657. The third kappa shape index (κ3) is 2.29. The van der Waals surface area contributed by atoms with Crippen LogP contribution in [-0.2, 0) is 0 Å². The van der Waals surface area contributed by atoms with Crippen molar-refractivity contribution >= 4 is 23.4 Å². The first-order valence-corrected chi connectivity index (χ1v) is 6.85. The molecular formula is C12H12N4O3S. The fourth-order valence-corrected chi connectivity index (χ4v) is 2.88. The Labute approximate surface area is 117 Å². The van der Waals surface area contributed by atoms with Gasteiger partial charge in [-0.05, 0) is 42.8 Å². The molecule has 0 saturated heterocycles.